The lowest BCUT2D eigenvalue weighted by molar-refractivity contribution is -0.131. The molecule has 2 heterocycles. The first-order chi connectivity index (χ1) is 12.2. The Hall–Kier alpha value is -2.37. The van der Waals surface area contributed by atoms with Gasteiger partial charge in [-0.2, -0.15) is 5.10 Å². The average Bonchev–Trinajstić information content (AvgIpc) is 3.10. The van der Waals surface area contributed by atoms with Gasteiger partial charge in [0.05, 0.1) is 13.5 Å². The number of carbonyl (C=O) groups excluding carboxylic acids is 1. The van der Waals surface area contributed by atoms with Crippen molar-refractivity contribution in [3.63, 3.8) is 0 Å². The number of rotatable bonds is 6. The van der Waals surface area contributed by atoms with Crippen LogP contribution in [0.4, 0.5) is 0 Å². The van der Waals surface area contributed by atoms with Crippen LogP contribution in [0.3, 0.4) is 0 Å². The molecule has 0 aliphatic carbocycles. The topological polar surface area (TPSA) is 71.1 Å². The Kier molecular flexibility index (Phi) is 5.68. The highest BCUT2D eigenvalue weighted by Crippen LogP contribution is 2.21. The molecule has 1 aliphatic heterocycles. The number of carbonyl (C=O) groups is 1. The number of ether oxygens (including phenoxy) is 1. The highest BCUT2D eigenvalue weighted by atomic mass is 16.5. The van der Waals surface area contributed by atoms with Crippen molar-refractivity contribution in [3.8, 4) is 5.75 Å². The molecule has 0 bridgehead atoms. The van der Waals surface area contributed by atoms with E-state index in [1.165, 1.54) is 0 Å². The van der Waals surface area contributed by atoms with E-state index in [1.807, 2.05) is 29.2 Å². The molecule has 134 valence electrons. The van der Waals surface area contributed by atoms with Gasteiger partial charge in [-0.15, -0.1) is 0 Å². The Morgan fingerprint density at radius 3 is 2.84 bits per heavy atom. The van der Waals surface area contributed by atoms with E-state index in [0.717, 1.165) is 61.7 Å². The standard InChI is InChI=1S/C19H26N4O2/c1-3-17-20-18(22-21-17)12-14-7-9-23(10-8-14)19(24)13-15-5-4-6-16(11-15)25-2/h4-6,11,14H,3,7-10,12-13H2,1-2H3,(H,20,21,22). The van der Waals surface area contributed by atoms with Crippen LogP contribution in [0.15, 0.2) is 24.3 Å². The number of H-pyrrole nitrogens is 1. The summed E-state index contributed by atoms with van der Waals surface area (Å²) in [5.41, 5.74) is 1.00. The van der Waals surface area contributed by atoms with Gasteiger partial charge in [-0.05, 0) is 36.5 Å². The smallest absolute Gasteiger partial charge is 0.226 e. The molecule has 1 amide bonds. The molecule has 1 saturated heterocycles. The number of aryl methyl sites for hydroxylation is 1. The predicted octanol–water partition coefficient (Wildman–Crippen LogP) is 2.40. The SMILES string of the molecule is CCc1n[nH]c(CC2CCN(C(=O)Cc3cccc(OC)c3)CC2)n1. The van der Waals surface area contributed by atoms with Gasteiger partial charge in [0.1, 0.15) is 17.4 Å². The summed E-state index contributed by atoms with van der Waals surface area (Å²) < 4.78 is 5.22. The summed E-state index contributed by atoms with van der Waals surface area (Å²) in [5.74, 6) is 3.40. The Labute approximate surface area is 148 Å². The van der Waals surface area contributed by atoms with Gasteiger partial charge in [0.2, 0.25) is 5.91 Å². The summed E-state index contributed by atoms with van der Waals surface area (Å²) in [5, 5.41) is 7.22. The fourth-order valence-electron chi connectivity index (χ4n) is 3.31. The zero-order valence-electron chi connectivity index (χ0n) is 15.0. The Balaban J connectivity index is 1.48. The molecule has 6 heteroatoms. The van der Waals surface area contributed by atoms with Crippen LogP contribution in [0.5, 0.6) is 5.75 Å². The van der Waals surface area contributed by atoms with Gasteiger partial charge in [-0.3, -0.25) is 9.89 Å². The van der Waals surface area contributed by atoms with Gasteiger partial charge >= 0.3 is 0 Å². The van der Waals surface area contributed by atoms with Crippen LogP contribution in [-0.4, -0.2) is 46.2 Å². The van der Waals surface area contributed by atoms with E-state index in [0.29, 0.717) is 12.3 Å². The van der Waals surface area contributed by atoms with Gasteiger partial charge in [-0.1, -0.05) is 19.1 Å². The van der Waals surface area contributed by atoms with Crippen molar-refractivity contribution < 1.29 is 9.53 Å². The molecular formula is C19H26N4O2. The number of aromatic amines is 1. The maximum atomic E-state index is 12.5. The van der Waals surface area contributed by atoms with E-state index < -0.39 is 0 Å². The number of nitrogens with zero attached hydrogens (tertiary/aromatic N) is 3. The van der Waals surface area contributed by atoms with Crippen molar-refractivity contribution in [3.05, 3.63) is 41.5 Å². The second-order valence-corrected chi connectivity index (χ2v) is 6.61. The molecule has 0 unspecified atom stereocenters. The Morgan fingerprint density at radius 1 is 1.36 bits per heavy atom. The van der Waals surface area contributed by atoms with Gasteiger partial charge in [0.25, 0.3) is 0 Å². The molecule has 0 saturated carbocycles. The van der Waals surface area contributed by atoms with Crippen molar-refractivity contribution in [2.75, 3.05) is 20.2 Å². The van der Waals surface area contributed by atoms with E-state index in [1.54, 1.807) is 7.11 Å². The molecule has 0 spiro atoms. The summed E-state index contributed by atoms with van der Waals surface area (Å²) >= 11 is 0. The largest absolute Gasteiger partial charge is 0.497 e. The van der Waals surface area contributed by atoms with Crippen LogP contribution in [0, 0.1) is 5.92 Å². The van der Waals surface area contributed by atoms with Crippen LogP contribution in [0.25, 0.3) is 0 Å². The van der Waals surface area contributed by atoms with Crippen molar-refractivity contribution in [1.29, 1.82) is 0 Å². The molecule has 1 aromatic heterocycles. The third-order valence-corrected chi connectivity index (χ3v) is 4.83. The summed E-state index contributed by atoms with van der Waals surface area (Å²) in [6, 6.07) is 7.73. The first kappa shape index (κ1) is 17.5. The lowest BCUT2D eigenvalue weighted by Gasteiger charge is -2.31. The fourth-order valence-corrected chi connectivity index (χ4v) is 3.31. The molecule has 25 heavy (non-hydrogen) atoms. The molecule has 1 N–H and O–H groups in total. The zero-order chi connectivity index (χ0) is 17.6. The molecule has 1 fully saturated rings. The van der Waals surface area contributed by atoms with Crippen molar-refractivity contribution in [2.24, 2.45) is 5.92 Å². The average molecular weight is 342 g/mol. The monoisotopic (exact) mass is 342 g/mol. The summed E-state index contributed by atoms with van der Waals surface area (Å²) in [4.78, 5) is 19.0. The third kappa shape index (κ3) is 4.59. The number of methoxy groups -OCH3 is 1. The minimum absolute atomic E-state index is 0.194. The highest BCUT2D eigenvalue weighted by molar-refractivity contribution is 5.79. The summed E-state index contributed by atoms with van der Waals surface area (Å²) in [6.07, 6.45) is 4.25. The molecule has 0 radical (unpaired) electrons. The van der Waals surface area contributed by atoms with Crippen LogP contribution >= 0.6 is 0 Å². The summed E-state index contributed by atoms with van der Waals surface area (Å²) in [7, 11) is 1.64. The number of likely N-dealkylation sites (tertiary alicyclic amines) is 1. The minimum Gasteiger partial charge on any atom is -0.497 e. The predicted molar refractivity (Wildman–Crippen MR) is 95.5 cm³/mol. The maximum Gasteiger partial charge on any atom is 0.226 e. The maximum absolute atomic E-state index is 12.5. The fraction of sp³-hybridized carbons (Fsp3) is 0.526. The van der Waals surface area contributed by atoms with Gasteiger partial charge in [0, 0.05) is 25.9 Å². The number of benzene rings is 1. The van der Waals surface area contributed by atoms with E-state index in [2.05, 4.69) is 22.1 Å². The van der Waals surface area contributed by atoms with Gasteiger partial charge in [0.15, 0.2) is 0 Å². The summed E-state index contributed by atoms with van der Waals surface area (Å²) in [6.45, 7) is 3.70. The van der Waals surface area contributed by atoms with Crippen LogP contribution < -0.4 is 4.74 Å². The zero-order valence-corrected chi connectivity index (χ0v) is 15.0. The van der Waals surface area contributed by atoms with Crippen molar-refractivity contribution in [1.82, 2.24) is 20.1 Å². The number of piperidine rings is 1. The quantitative estimate of drug-likeness (QED) is 0.875. The molecule has 2 aromatic rings. The lowest BCUT2D eigenvalue weighted by atomic mass is 9.93. The highest BCUT2D eigenvalue weighted by Gasteiger charge is 2.23. The number of nitrogens with one attached hydrogen (secondary N) is 1. The first-order valence-corrected chi connectivity index (χ1v) is 8.98. The Morgan fingerprint density at radius 2 is 2.16 bits per heavy atom. The second kappa shape index (κ2) is 8.14. The van der Waals surface area contributed by atoms with E-state index in [-0.39, 0.29) is 5.91 Å². The van der Waals surface area contributed by atoms with Crippen LogP contribution in [-0.2, 0) is 24.1 Å². The van der Waals surface area contributed by atoms with E-state index in [9.17, 15) is 4.79 Å². The minimum atomic E-state index is 0.194. The van der Waals surface area contributed by atoms with Gasteiger partial charge < -0.3 is 9.64 Å². The van der Waals surface area contributed by atoms with E-state index >= 15 is 0 Å². The number of hydrogen-bond donors (Lipinski definition) is 1. The second-order valence-electron chi connectivity index (χ2n) is 6.61. The lowest BCUT2D eigenvalue weighted by Crippen LogP contribution is -2.39. The number of amides is 1. The van der Waals surface area contributed by atoms with Crippen LogP contribution in [0.1, 0.15) is 37.0 Å². The molecule has 3 rings (SSSR count). The molecule has 0 atom stereocenters. The number of aromatic nitrogens is 3. The normalized spacial score (nSPS) is 15.4. The van der Waals surface area contributed by atoms with Crippen molar-refractivity contribution in [2.45, 2.75) is 39.0 Å². The third-order valence-electron chi connectivity index (χ3n) is 4.83. The number of hydrogen-bond acceptors (Lipinski definition) is 4. The Bertz CT molecular complexity index is 705. The molecular weight excluding hydrogens is 316 g/mol. The molecule has 1 aliphatic rings. The van der Waals surface area contributed by atoms with Gasteiger partial charge in [-0.25, -0.2) is 4.98 Å². The van der Waals surface area contributed by atoms with Crippen molar-refractivity contribution >= 4 is 5.91 Å². The van der Waals surface area contributed by atoms with Crippen LogP contribution in [0.2, 0.25) is 0 Å². The van der Waals surface area contributed by atoms with E-state index in [4.69, 9.17) is 4.74 Å². The first-order valence-electron chi connectivity index (χ1n) is 8.98. The molecule has 1 aromatic carbocycles. The molecule has 6 nitrogen and oxygen atoms in total.